The lowest BCUT2D eigenvalue weighted by Crippen LogP contribution is -2.43. The van der Waals surface area contributed by atoms with E-state index in [4.69, 9.17) is 0 Å². The van der Waals surface area contributed by atoms with Gasteiger partial charge in [-0.15, -0.1) is 0 Å². The number of benzene rings is 1. The van der Waals surface area contributed by atoms with Gasteiger partial charge in [0.2, 0.25) is 0 Å². The molecule has 21 heavy (non-hydrogen) atoms. The Kier molecular flexibility index (Phi) is 4.52. The lowest BCUT2D eigenvalue weighted by atomic mass is 10.2. The summed E-state index contributed by atoms with van der Waals surface area (Å²) in [7, 11) is 0. The zero-order valence-corrected chi connectivity index (χ0v) is 12.6. The van der Waals surface area contributed by atoms with Crippen LogP contribution in [0.5, 0.6) is 0 Å². The Hall–Kier alpha value is -1.86. The molecule has 1 aromatic carbocycles. The van der Waals surface area contributed by atoms with E-state index in [1.54, 1.807) is 11.5 Å². The van der Waals surface area contributed by atoms with Gasteiger partial charge in [0, 0.05) is 44.7 Å². The summed E-state index contributed by atoms with van der Waals surface area (Å²) < 4.78 is 5.84. The number of carbonyl (C=O) groups is 1. The summed E-state index contributed by atoms with van der Waals surface area (Å²) >= 11 is 1.60. The third-order valence-corrected chi connectivity index (χ3v) is 4.29. The fourth-order valence-electron chi connectivity index (χ4n) is 2.39. The zero-order chi connectivity index (χ0) is 14.5. The molecule has 0 atom stereocenters. The molecule has 0 unspecified atom stereocenters. The van der Waals surface area contributed by atoms with Gasteiger partial charge in [0.1, 0.15) is 5.82 Å². The molecule has 4 rings (SSSR count). The van der Waals surface area contributed by atoms with Crippen molar-refractivity contribution in [1.82, 2.24) is 20.3 Å². The van der Waals surface area contributed by atoms with E-state index in [1.807, 2.05) is 0 Å². The molecule has 3 N–H and O–H groups in total. The number of anilines is 1. The van der Waals surface area contributed by atoms with Crippen molar-refractivity contribution in [2.75, 3.05) is 44.2 Å². The Morgan fingerprint density at radius 1 is 1.05 bits per heavy atom. The molecule has 0 saturated carbocycles. The SMILES string of the molecule is O=C1NCCN1.c1ccc2c(N3CCNCC3)nsc2c1. The van der Waals surface area contributed by atoms with E-state index in [1.165, 1.54) is 10.1 Å². The molecule has 2 fully saturated rings. The van der Waals surface area contributed by atoms with Crippen LogP contribution in [0.1, 0.15) is 0 Å². The highest BCUT2D eigenvalue weighted by atomic mass is 32.1. The van der Waals surface area contributed by atoms with Gasteiger partial charge in [0.05, 0.1) is 4.70 Å². The van der Waals surface area contributed by atoms with Gasteiger partial charge in [-0.25, -0.2) is 4.79 Å². The highest BCUT2D eigenvalue weighted by Gasteiger charge is 2.15. The van der Waals surface area contributed by atoms with Crippen molar-refractivity contribution in [3.63, 3.8) is 0 Å². The minimum atomic E-state index is -0.0463. The van der Waals surface area contributed by atoms with Crippen LogP contribution in [0.2, 0.25) is 0 Å². The summed E-state index contributed by atoms with van der Waals surface area (Å²) in [5.41, 5.74) is 0. The van der Waals surface area contributed by atoms with E-state index in [-0.39, 0.29) is 6.03 Å². The van der Waals surface area contributed by atoms with E-state index in [0.717, 1.165) is 45.1 Å². The minimum absolute atomic E-state index is 0.0463. The monoisotopic (exact) mass is 305 g/mol. The molecule has 112 valence electrons. The van der Waals surface area contributed by atoms with Gasteiger partial charge in [-0.1, -0.05) is 12.1 Å². The molecule has 0 bridgehead atoms. The van der Waals surface area contributed by atoms with Crippen molar-refractivity contribution in [2.45, 2.75) is 0 Å². The summed E-state index contributed by atoms with van der Waals surface area (Å²) in [6, 6.07) is 8.41. The first-order valence-corrected chi connectivity index (χ1v) is 7.94. The van der Waals surface area contributed by atoms with E-state index in [0.29, 0.717) is 0 Å². The predicted octanol–water partition coefficient (Wildman–Crippen LogP) is 1.01. The van der Waals surface area contributed by atoms with Crippen molar-refractivity contribution in [3.8, 4) is 0 Å². The maximum atomic E-state index is 10.0. The van der Waals surface area contributed by atoms with Crippen LogP contribution in [0, 0.1) is 0 Å². The number of amides is 2. The molecule has 0 radical (unpaired) electrons. The first kappa shape index (κ1) is 14.1. The molecule has 7 heteroatoms. The number of nitrogens with one attached hydrogen (secondary N) is 3. The molecule has 2 aliphatic heterocycles. The van der Waals surface area contributed by atoms with Crippen LogP contribution in [0.3, 0.4) is 0 Å². The summed E-state index contributed by atoms with van der Waals surface area (Å²) in [6.45, 7) is 5.80. The van der Waals surface area contributed by atoms with Crippen LogP contribution in [0.15, 0.2) is 24.3 Å². The molecule has 1 aromatic heterocycles. The molecule has 3 heterocycles. The molecule has 0 aliphatic carbocycles. The maximum Gasteiger partial charge on any atom is 0.314 e. The van der Waals surface area contributed by atoms with Crippen LogP contribution in [0.4, 0.5) is 10.6 Å². The van der Waals surface area contributed by atoms with Crippen LogP contribution >= 0.6 is 11.5 Å². The molecule has 2 aromatic rings. The van der Waals surface area contributed by atoms with Gasteiger partial charge in [-0.05, 0) is 23.7 Å². The number of fused-ring (bicyclic) bond motifs is 1. The van der Waals surface area contributed by atoms with E-state index in [2.05, 4.69) is 49.5 Å². The second-order valence-corrected chi connectivity index (χ2v) is 5.73. The highest BCUT2D eigenvalue weighted by Crippen LogP contribution is 2.29. The first-order valence-electron chi connectivity index (χ1n) is 7.16. The van der Waals surface area contributed by atoms with E-state index in [9.17, 15) is 4.79 Å². The first-order chi connectivity index (χ1) is 10.3. The Morgan fingerprint density at radius 3 is 2.43 bits per heavy atom. The average molecular weight is 305 g/mol. The number of urea groups is 1. The van der Waals surface area contributed by atoms with Crippen LogP contribution < -0.4 is 20.9 Å². The van der Waals surface area contributed by atoms with E-state index >= 15 is 0 Å². The van der Waals surface area contributed by atoms with Crippen molar-refractivity contribution < 1.29 is 4.79 Å². The number of rotatable bonds is 1. The number of piperazine rings is 1. The van der Waals surface area contributed by atoms with Gasteiger partial charge < -0.3 is 20.9 Å². The Bertz CT molecular complexity index is 600. The van der Waals surface area contributed by atoms with Crippen molar-refractivity contribution >= 4 is 33.5 Å². The van der Waals surface area contributed by atoms with Crippen molar-refractivity contribution in [3.05, 3.63) is 24.3 Å². The number of carbonyl (C=O) groups excluding carboxylic acids is 1. The van der Waals surface area contributed by atoms with Gasteiger partial charge in [-0.3, -0.25) is 0 Å². The second-order valence-electron chi connectivity index (χ2n) is 4.92. The second kappa shape index (κ2) is 6.73. The Balaban J connectivity index is 0.000000186. The molecule has 0 spiro atoms. The topological polar surface area (TPSA) is 69.3 Å². The Labute approximate surface area is 127 Å². The maximum absolute atomic E-state index is 10.0. The molecule has 2 amide bonds. The summed E-state index contributed by atoms with van der Waals surface area (Å²) in [5.74, 6) is 1.16. The molecule has 2 aliphatic rings. The van der Waals surface area contributed by atoms with Gasteiger partial charge in [0.15, 0.2) is 0 Å². The lowest BCUT2D eigenvalue weighted by Gasteiger charge is -2.27. The Morgan fingerprint density at radius 2 is 1.76 bits per heavy atom. The standard InChI is InChI=1S/C11H13N3S.C3H6N2O/c1-2-4-10-9(3-1)11(13-15-10)14-7-5-12-6-8-14;6-3-4-1-2-5-3/h1-4,12H,5-8H2;1-2H2,(H2,4,5,6). The summed E-state index contributed by atoms with van der Waals surface area (Å²) in [5, 5.41) is 9.79. The lowest BCUT2D eigenvalue weighted by molar-refractivity contribution is 0.248. The number of hydrogen-bond donors (Lipinski definition) is 3. The van der Waals surface area contributed by atoms with Crippen LogP contribution in [0.25, 0.3) is 10.1 Å². The minimum Gasteiger partial charge on any atom is -0.353 e. The zero-order valence-electron chi connectivity index (χ0n) is 11.8. The molecular formula is C14H19N5OS. The number of aromatic nitrogens is 1. The normalized spacial score (nSPS) is 17.9. The highest BCUT2D eigenvalue weighted by molar-refractivity contribution is 7.13. The fourth-order valence-corrected chi connectivity index (χ4v) is 3.19. The third-order valence-electron chi connectivity index (χ3n) is 3.47. The van der Waals surface area contributed by atoms with Crippen molar-refractivity contribution in [2.24, 2.45) is 0 Å². The summed E-state index contributed by atoms with van der Waals surface area (Å²) in [4.78, 5) is 12.4. The van der Waals surface area contributed by atoms with Gasteiger partial charge in [0.25, 0.3) is 0 Å². The molecule has 2 saturated heterocycles. The summed E-state index contributed by atoms with van der Waals surface area (Å²) in [6.07, 6.45) is 0. The van der Waals surface area contributed by atoms with Gasteiger partial charge in [-0.2, -0.15) is 4.37 Å². The van der Waals surface area contributed by atoms with E-state index < -0.39 is 0 Å². The quantitative estimate of drug-likeness (QED) is 0.735. The number of hydrogen-bond acceptors (Lipinski definition) is 5. The number of nitrogens with zero attached hydrogens (tertiary/aromatic N) is 2. The predicted molar refractivity (Wildman–Crippen MR) is 86.1 cm³/mol. The average Bonchev–Trinajstić information content (AvgIpc) is 3.17. The van der Waals surface area contributed by atoms with Crippen LogP contribution in [-0.2, 0) is 0 Å². The fraction of sp³-hybridized carbons (Fsp3) is 0.429. The molecule has 6 nitrogen and oxygen atoms in total. The largest absolute Gasteiger partial charge is 0.353 e. The van der Waals surface area contributed by atoms with Gasteiger partial charge >= 0.3 is 6.03 Å². The smallest absolute Gasteiger partial charge is 0.314 e. The van der Waals surface area contributed by atoms with Crippen LogP contribution in [-0.4, -0.2) is 49.7 Å². The van der Waals surface area contributed by atoms with Crippen molar-refractivity contribution in [1.29, 1.82) is 0 Å². The third kappa shape index (κ3) is 3.43. The molecular weight excluding hydrogens is 286 g/mol.